The minimum atomic E-state index is -3.45. The van der Waals surface area contributed by atoms with E-state index in [1.807, 2.05) is 0 Å². The van der Waals surface area contributed by atoms with Gasteiger partial charge >= 0.3 is 0 Å². The SMILES string of the molecule is O=C([O-])CCn1ccc2cc(S(=O)(=O)N3CCCCC3)ccc21. The number of nitrogens with zero attached hydrogens (tertiary/aromatic N) is 2. The molecule has 124 valence electrons. The lowest BCUT2D eigenvalue weighted by Crippen LogP contribution is -2.35. The number of carbonyl (C=O) groups excluding carboxylic acids is 1. The largest absolute Gasteiger partial charge is 0.550 e. The van der Waals surface area contributed by atoms with Gasteiger partial charge in [-0.25, -0.2) is 8.42 Å². The summed E-state index contributed by atoms with van der Waals surface area (Å²) < 4.78 is 28.7. The molecule has 0 amide bonds. The van der Waals surface area contributed by atoms with Crippen molar-refractivity contribution in [1.82, 2.24) is 8.87 Å². The zero-order chi connectivity index (χ0) is 16.4. The topological polar surface area (TPSA) is 82.4 Å². The Kier molecular flexibility index (Phi) is 4.41. The summed E-state index contributed by atoms with van der Waals surface area (Å²) in [5, 5.41) is 11.4. The summed E-state index contributed by atoms with van der Waals surface area (Å²) in [5.74, 6) is -1.10. The van der Waals surface area contributed by atoms with E-state index in [9.17, 15) is 18.3 Å². The van der Waals surface area contributed by atoms with E-state index in [0.29, 0.717) is 24.5 Å². The molecule has 0 saturated carbocycles. The normalized spacial score (nSPS) is 16.7. The van der Waals surface area contributed by atoms with Crippen LogP contribution in [0.5, 0.6) is 0 Å². The second kappa shape index (κ2) is 6.33. The molecule has 1 saturated heterocycles. The Balaban J connectivity index is 1.89. The Labute approximate surface area is 135 Å². The predicted molar refractivity (Wildman–Crippen MR) is 84.2 cm³/mol. The molecule has 0 spiro atoms. The number of fused-ring (bicyclic) bond motifs is 1. The van der Waals surface area contributed by atoms with Crippen molar-refractivity contribution in [3.05, 3.63) is 30.5 Å². The molecule has 0 atom stereocenters. The lowest BCUT2D eigenvalue weighted by atomic mass is 10.2. The fourth-order valence-electron chi connectivity index (χ4n) is 3.00. The molecular weight excluding hydrogens is 316 g/mol. The summed E-state index contributed by atoms with van der Waals surface area (Å²) in [6, 6.07) is 6.80. The van der Waals surface area contributed by atoms with Crippen LogP contribution in [0.4, 0.5) is 0 Å². The molecule has 0 unspecified atom stereocenters. The van der Waals surface area contributed by atoms with Crippen molar-refractivity contribution in [1.29, 1.82) is 0 Å². The van der Waals surface area contributed by atoms with Crippen molar-refractivity contribution in [3.63, 3.8) is 0 Å². The second-order valence-corrected chi connectivity index (χ2v) is 7.75. The van der Waals surface area contributed by atoms with Gasteiger partial charge in [-0.05, 0) is 37.1 Å². The Morgan fingerprint density at radius 1 is 1.13 bits per heavy atom. The van der Waals surface area contributed by atoms with E-state index in [2.05, 4.69) is 0 Å². The predicted octanol–water partition coefficient (Wildman–Crippen LogP) is 0.956. The van der Waals surface area contributed by atoms with Crippen LogP contribution in [-0.4, -0.2) is 36.3 Å². The van der Waals surface area contributed by atoms with E-state index < -0.39 is 16.0 Å². The molecule has 0 aliphatic carbocycles. The van der Waals surface area contributed by atoms with Crippen LogP contribution in [0.15, 0.2) is 35.4 Å². The molecule has 2 aromatic rings. The summed E-state index contributed by atoms with van der Waals surface area (Å²) in [6.45, 7) is 1.46. The van der Waals surface area contributed by atoms with Crippen LogP contribution in [0.25, 0.3) is 10.9 Å². The molecule has 23 heavy (non-hydrogen) atoms. The van der Waals surface area contributed by atoms with E-state index in [-0.39, 0.29) is 6.42 Å². The van der Waals surface area contributed by atoms with Gasteiger partial charge < -0.3 is 14.5 Å². The van der Waals surface area contributed by atoms with Gasteiger partial charge in [0.2, 0.25) is 10.0 Å². The highest BCUT2D eigenvalue weighted by Crippen LogP contribution is 2.25. The first-order valence-electron chi connectivity index (χ1n) is 7.77. The minimum absolute atomic E-state index is 0.0718. The summed E-state index contributed by atoms with van der Waals surface area (Å²) in [7, 11) is -3.45. The van der Waals surface area contributed by atoms with Crippen molar-refractivity contribution in [2.45, 2.75) is 37.1 Å². The Bertz CT molecular complexity index is 820. The highest BCUT2D eigenvalue weighted by molar-refractivity contribution is 7.89. The zero-order valence-corrected chi connectivity index (χ0v) is 13.6. The molecule has 1 aromatic heterocycles. The number of aryl methyl sites for hydroxylation is 1. The number of carboxylic acids is 1. The van der Waals surface area contributed by atoms with E-state index in [1.54, 1.807) is 39.3 Å². The lowest BCUT2D eigenvalue weighted by molar-refractivity contribution is -0.305. The van der Waals surface area contributed by atoms with E-state index in [1.165, 1.54) is 0 Å². The molecule has 1 aromatic carbocycles. The van der Waals surface area contributed by atoms with Gasteiger partial charge in [0.15, 0.2) is 0 Å². The van der Waals surface area contributed by atoms with Crippen LogP contribution in [-0.2, 0) is 21.4 Å². The van der Waals surface area contributed by atoms with Crippen molar-refractivity contribution < 1.29 is 18.3 Å². The van der Waals surface area contributed by atoms with E-state index in [4.69, 9.17) is 0 Å². The number of carbonyl (C=O) groups is 1. The third kappa shape index (κ3) is 3.25. The average Bonchev–Trinajstić information content (AvgIpc) is 2.96. The van der Waals surface area contributed by atoms with Gasteiger partial charge in [-0.15, -0.1) is 0 Å². The van der Waals surface area contributed by atoms with Crippen molar-refractivity contribution >= 4 is 26.9 Å². The summed E-state index contributed by atoms with van der Waals surface area (Å²) in [5.41, 5.74) is 0.823. The van der Waals surface area contributed by atoms with E-state index in [0.717, 1.165) is 30.2 Å². The van der Waals surface area contributed by atoms with Crippen LogP contribution in [0.3, 0.4) is 0 Å². The summed E-state index contributed by atoms with van der Waals surface area (Å²) >= 11 is 0. The van der Waals surface area contributed by atoms with Gasteiger partial charge in [0.25, 0.3) is 0 Å². The van der Waals surface area contributed by atoms with Crippen LogP contribution < -0.4 is 5.11 Å². The Morgan fingerprint density at radius 3 is 2.57 bits per heavy atom. The maximum atomic E-state index is 12.7. The standard InChI is InChI=1S/C16H20N2O4S/c19-16(20)7-11-17-10-6-13-12-14(4-5-15(13)17)23(21,22)18-8-2-1-3-9-18/h4-6,10,12H,1-3,7-9,11H2,(H,19,20)/p-1. The van der Waals surface area contributed by atoms with Crippen LogP contribution in [0.1, 0.15) is 25.7 Å². The summed E-state index contributed by atoms with van der Waals surface area (Å²) in [6.07, 6.45) is 4.58. The molecule has 0 N–H and O–H groups in total. The smallest absolute Gasteiger partial charge is 0.243 e. The highest BCUT2D eigenvalue weighted by atomic mass is 32.2. The number of hydrogen-bond acceptors (Lipinski definition) is 4. The minimum Gasteiger partial charge on any atom is -0.550 e. The maximum absolute atomic E-state index is 12.7. The van der Waals surface area contributed by atoms with Gasteiger partial charge in [0.1, 0.15) is 0 Å². The Morgan fingerprint density at radius 2 is 1.87 bits per heavy atom. The number of hydrogen-bond donors (Lipinski definition) is 0. The molecule has 7 heteroatoms. The fourth-order valence-corrected chi connectivity index (χ4v) is 4.55. The van der Waals surface area contributed by atoms with Gasteiger partial charge in [-0.2, -0.15) is 4.31 Å². The maximum Gasteiger partial charge on any atom is 0.243 e. The molecule has 1 aliphatic heterocycles. The number of aromatic nitrogens is 1. The second-order valence-electron chi connectivity index (χ2n) is 5.82. The van der Waals surface area contributed by atoms with Crippen LogP contribution in [0.2, 0.25) is 0 Å². The quantitative estimate of drug-likeness (QED) is 0.815. The van der Waals surface area contributed by atoms with Crippen molar-refractivity contribution in [3.8, 4) is 0 Å². The zero-order valence-electron chi connectivity index (χ0n) is 12.8. The third-order valence-corrected chi connectivity index (χ3v) is 6.15. The summed E-state index contributed by atoms with van der Waals surface area (Å²) in [4.78, 5) is 10.9. The van der Waals surface area contributed by atoms with Gasteiger partial charge in [-0.3, -0.25) is 0 Å². The lowest BCUT2D eigenvalue weighted by Gasteiger charge is -2.25. The molecule has 1 fully saturated rings. The van der Waals surface area contributed by atoms with Gasteiger partial charge in [0.05, 0.1) is 4.90 Å². The molecule has 3 rings (SSSR count). The number of benzene rings is 1. The van der Waals surface area contributed by atoms with E-state index >= 15 is 0 Å². The first-order valence-corrected chi connectivity index (χ1v) is 9.21. The molecule has 0 bridgehead atoms. The Hall–Kier alpha value is -1.86. The van der Waals surface area contributed by atoms with Crippen molar-refractivity contribution in [2.24, 2.45) is 0 Å². The number of sulfonamides is 1. The van der Waals surface area contributed by atoms with Crippen LogP contribution >= 0.6 is 0 Å². The number of piperidine rings is 1. The average molecular weight is 335 g/mol. The molecule has 6 nitrogen and oxygen atoms in total. The van der Waals surface area contributed by atoms with Gasteiger partial charge in [-0.1, -0.05) is 6.42 Å². The first-order chi connectivity index (χ1) is 11.0. The fraction of sp³-hybridized carbons (Fsp3) is 0.438. The first kappa shape index (κ1) is 16.0. The highest BCUT2D eigenvalue weighted by Gasteiger charge is 2.26. The number of rotatable bonds is 5. The molecular formula is C16H19N2O4S-. The van der Waals surface area contributed by atoms with Gasteiger partial charge in [0, 0.05) is 49.1 Å². The number of aliphatic carboxylic acids is 1. The monoisotopic (exact) mass is 335 g/mol. The van der Waals surface area contributed by atoms with Crippen LogP contribution in [0, 0.1) is 0 Å². The third-order valence-electron chi connectivity index (χ3n) is 4.25. The molecule has 2 heterocycles. The number of carboxylic acid groups (broad SMARTS) is 1. The van der Waals surface area contributed by atoms with Crippen molar-refractivity contribution in [2.75, 3.05) is 13.1 Å². The molecule has 1 aliphatic rings. The molecule has 0 radical (unpaired) electrons.